The Morgan fingerprint density at radius 1 is 1.35 bits per heavy atom. The van der Waals surface area contributed by atoms with Crippen LogP contribution in [0.1, 0.15) is 25.3 Å². The highest BCUT2D eigenvalue weighted by atomic mass is 19.4. The highest BCUT2D eigenvalue weighted by Gasteiger charge is 2.31. The molecule has 1 aliphatic rings. The summed E-state index contributed by atoms with van der Waals surface area (Å²) in [6.45, 7) is 5.55. The van der Waals surface area contributed by atoms with Crippen molar-refractivity contribution in [3.05, 3.63) is 23.9 Å². The van der Waals surface area contributed by atoms with Crippen LogP contribution in [0.15, 0.2) is 18.3 Å². The van der Waals surface area contributed by atoms with Gasteiger partial charge in [-0.2, -0.15) is 13.2 Å². The zero-order valence-electron chi connectivity index (χ0n) is 11.6. The molecule has 1 fully saturated rings. The summed E-state index contributed by atoms with van der Waals surface area (Å²) in [5.74, 6) is 1.04. The number of piperidine rings is 1. The van der Waals surface area contributed by atoms with Gasteiger partial charge in [-0.25, -0.2) is 4.98 Å². The monoisotopic (exact) mass is 287 g/mol. The predicted molar refractivity (Wildman–Crippen MR) is 72.7 cm³/mol. The summed E-state index contributed by atoms with van der Waals surface area (Å²) < 4.78 is 38.0. The molecule has 0 saturated carbocycles. The normalized spacial score (nSPS) is 17.5. The maximum Gasteiger partial charge on any atom is 0.416 e. The van der Waals surface area contributed by atoms with Gasteiger partial charge >= 0.3 is 6.18 Å². The number of hydrogen-bond acceptors (Lipinski definition) is 3. The fraction of sp³-hybridized carbons (Fsp3) is 0.643. The van der Waals surface area contributed by atoms with E-state index in [1.54, 1.807) is 0 Å². The minimum atomic E-state index is -4.30. The van der Waals surface area contributed by atoms with Crippen LogP contribution in [0, 0.1) is 5.92 Å². The molecular weight excluding hydrogens is 267 g/mol. The molecule has 0 atom stereocenters. The van der Waals surface area contributed by atoms with Crippen molar-refractivity contribution in [1.29, 1.82) is 0 Å². The van der Waals surface area contributed by atoms with E-state index in [1.165, 1.54) is 6.20 Å². The summed E-state index contributed by atoms with van der Waals surface area (Å²) in [4.78, 5) is 6.02. The van der Waals surface area contributed by atoms with Crippen LogP contribution in [0.3, 0.4) is 0 Å². The number of hydrogen-bond donors (Lipinski definition) is 1. The molecule has 2 heterocycles. The van der Waals surface area contributed by atoms with Crippen molar-refractivity contribution < 1.29 is 13.2 Å². The van der Waals surface area contributed by atoms with E-state index in [4.69, 9.17) is 0 Å². The van der Waals surface area contributed by atoms with Crippen molar-refractivity contribution in [1.82, 2.24) is 10.3 Å². The van der Waals surface area contributed by atoms with Gasteiger partial charge in [-0.1, -0.05) is 6.92 Å². The van der Waals surface area contributed by atoms with Crippen molar-refractivity contribution in [2.45, 2.75) is 25.9 Å². The molecule has 20 heavy (non-hydrogen) atoms. The Kier molecular flexibility index (Phi) is 4.86. The standard InChI is InChI=1S/C14H20F3N3/c1-2-18-10-11-4-7-20(8-5-11)13-9-12(3-6-19-13)14(15,16)17/h3,6,9,11,18H,2,4-5,7-8,10H2,1H3. The lowest BCUT2D eigenvalue weighted by Gasteiger charge is -2.33. The fourth-order valence-electron chi connectivity index (χ4n) is 2.48. The Labute approximate surface area is 117 Å². The first-order chi connectivity index (χ1) is 9.50. The summed E-state index contributed by atoms with van der Waals surface area (Å²) in [5.41, 5.74) is -0.628. The van der Waals surface area contributed by atoms with Crippen molar-refractivity contribution in [2.75, 3.05) is 31.1 Å². The zero-order chi connectivity index (χ0) is 14.6. The molecule has 1 aliphatic heterocycles. The first kappa shape index (κ1) is 15.1. The van der Waals surface area contributed by atoms with Crippen LogP contribution in [-0.2, 0) is 6.18 Å². The van der Waals surface area contributed by atoms with E-state index in [-0.39, 0.29) is 0 Å². The molecule has 0 unspecified atom stereocenters. The molecule has 0 amide bonds. The van der Waals surface area contributed by atoms with Gasteiger partial charge in [-0.15, -0.1) is 0 Å². The second kappa shape index (κ2) is 6.43. The number of aromatic nitrogens is 1. The molecule has 0 radical (unpaired) electrons. The Bertz CT molecular complexity index is 426. The Morgan fingerprint density at radius 3 is 2.65 bits per heavy atom. The second-order valence-corrected chi connectivity index (χ2v) is 5.14. The average Bonchev–Trinajstić information content (AvgIpc) is 2.45. The van der Waals surface area contributed by atoms with Gasteiger partial charge in [0.25, 0.3) is 0 Å². The smallest absolute Gasteiger partial charge is 0.357 e. The Balaban J connectivity index is 1.97. The first-order valence-corrected chi connectivity index (χ1v) is 6.99. The Morgan fingerprint density at radius 2 is 2.05 bits per heavy atom. The molecule has 0 aromatic carbocycles. The molecule has 0 bridgehead atoms. The molecule has 1 N–H and O–H groups in total. The molecule has 3 nitrogen and oxygen atoms in total. The van der Waals surface area contributed by atoms with Gasteiger partial charge in [0.1, 0.15) is 5.82 Å². The second-order valence-electron chi connectivity index (χ2n) is 5.14. The van der Waals surface area contributed by atoms with Gasteiger partial charge in [0.05, 0.1) is 5.56 Å². The number of halogens is 3. The van der Waals surface area contributed by atoms with Crippen LogP contribution >= 0.6 is 0 Å². The zero-order valence-corrected chi connectivity index (χ0v) is 11.6. The van der Waals surface area contributed by atoms with E-state index in [2.05, 4.69) is 17.2 Å². The number of pyridine rings is 1. The van der Waals surface area contributed by atoms with Crippen LogP contribution in [0.4, 0.5) is 19.0 Å². The molecule has 1 aromatic heterocycles. The highest BCUT2D eigenvalue weighted by Crippen LogP contribution is 2.31. The van der Waals surface area contributed by atoms with Crippen LogP contribution in [-0.4, -0.2) is 31.2 Å². The van der Waals surface area contributed by atoms with Gasteiger partial charge in [0, 0.05) is 19.3 Å². The van der Waals surface area contributed by atoms with E-state index < -0.39 is 11.7 Å². The predicted octanol–water partition coefficient (Wildman–Crippen LogP) is 2.93. The van der Waals surface area contributed by atoms with E-state index in [0.29, 0.717) is 11.7 Å². The SMILES string of the molecule is CCNCC1CCN(c2cc(C(F)(F)F)ccn2)CC1. The van der Waals surface area contributed by atoms with Gasteiger partial charge in [-0.3, -0.25) is 0 Å². The highest BCUT2D eigenvalue weighted by molar-refractivity contribution is 5.42. The van der Waals surface area contributed by atoms with Gasteiger partial charge in [0.15, 0.2) is 0 Å². The third kappa shape index (κ3) is 3.85. The van der Waals surface area contributed by atoms with E-state index >= 15 is 0 Å². The van der Waals surface area contributed by atoms with Crippen molar-refractivity contribution in [3.63, 3.8) is 0 Å². The average molecular weight is 287 g/mol. The van der Waals surface area contributed by atoms with Crippen molar-refractivity contribution in [2.24, 2.45) is 5.92 Å². The summed E-state index contributed by atoms with van der Waals surface area (Å²) in [6, 6.07) is 2.16. The van der Waals surface area contributed by atoms with Gasteiger partial charge in [0.2, 0.25) is 0 Å². The molecule has 1 saturated heterocycles. The molecule has 0 spiro atoms. The topological polar surface area (TPSA) is 28.2 Å². The summed E-state index contributed by atoms with van der Waals surface area (Å²) in [7, 11) is 0. The quantitative estimate of drug-likeness (QED) is 0.923. The van der Waals surface area contributed by atoms with Crippen LogP contribution in [0.5, 0.6) is 0 Å². The summed E-state index contributed by atoms with van der Waals surface area (Å²) in [5, 5.41) is 3.32. The number of anilines is 1. The van der Waals surface area contributed by atoms with E-state index in [0.717, 1.165) is 51.2 Å². The van der Waals surface area contributed by atoms with Crippen molar-refractivity contribution >= 4 is 5.82 Å². The molecule has 2 rings (SSSR count). The van der Waals surface area contributed by atoms with Crippen molar-refractivity contribution in [3.8, 4) is 0 Å². The molecular formula is C14H20F3N3. The number of rotatable bonds is 4. The summed E-state index contributed by atoms with van der Waals surface area (Å²) >= 11 is 0. The maximum absolute atomic E-state index is 12.7. The van der Waals surface area contributed by atoms with Crippen LogP contribution < -0.4 is 10.2 Å². The lowest BCUT2D eigenvalue weighted by Crippen LogP contribution is -2.37. The fourth-order valence-corrected chi connectivity index (χ4v) is 2.48. The third-order valence-electron chi connectivity index (χ3n) is 3.69. The largest absolute Gasteiger partial charge is 0.416 e. The first-order valence-electron chi connectivity index (χ1n) is 6.99. The number of nitrogens with one attached hydrogen (secondary N) is 1. The van der Waals surface area contributed by atoms with Crippen LogP contribution in [0.25, 0.3) is 0 Å². The lowest BCUT2D eigenvalue weighted by molar-refractivity contribution is -0.137. The lowest BCUT2D eigenvalue weighted by atomic mass is 9.96. The minimum absolute atomic E-state index is 0.432. The van der Waals surface area contributed by atoms with Gasteiger partial charge < -0.3 is 10.2 Å². The molecule has 1 aromatic rings. The molecule has 0 aliphatic carbocycles. The van der Waals surface area contributed by atoms with E-state index in [9.17, 15) is 13.2 Å². The maximum atomic E-state index is 12.7. The van der Waals surface area contributed by atoms with E-state index in [1.807, 2.05) is 4.90 Å². The van der Waals surface area contributed by atoms with Gasteiger partial charge in [-0.05, 0) is 44.0 Å². The summed E-state index contributed by atoms with van der Waals surface area (Å²) in [6.07, 6.45) is -1.08. The Hall–Kier alpha value is -1.30. The number of alkyl halides is 3. The minimum Gasteiger partial charge on any atom is -0.357 e. The third-order valence-corrected chi connectivity index (χ3v) is 3.69. The van der Waals surface area contributed by atoms with Crippen LogP contribution in [0.2, 0.25) is 0 Å². The molecule has 112 valence electrons. The number of nitrogens with zero attached hydrogens (tertiary/aromatic N) is 2. The molecule has 6 heteroatoms.